The molecule has 0 radical (unpaired) electrons. The minimum Gasteiger partial charge on any atom is -0.493 e. The van der Waals surface area contributed by atoms with E-state index in [1.165, 1.54) is 5.52 Å². The number of aromatic nitrogens is 3. The van der Waals surface area contributed by atoms with Gasteiger partial charge in [-0.25, -0.2) is 9.67 Å². The number of rotatable bonds is 4. The SMILES string of the molecule is CNc1ncccc1-c1ccc(OC)c(OC)c1.c1cc2cc3c1o[nH]n2-3. The number of hydrogen-bond donors (Lipinski definition) is 2. The Morgan fingerprint density at radius 3 is 2.56 bits per heavy atom. The van der Waals surface area contributed by atoms with Crippen LogP contribution in [-0.4, -0.2) is 36.2 Å². The summed E-state index contributed by atoms with van der Waals surface area (Å²) in [6, 6.07) is 15.8. The topological polar surface area (TPSA) is 77.2 Å². The van der Waals surface area contributed by atoms with Crippen LogP contribution in [0.15, 0.2) is 59.3 Å². The molecule has 138 valence electrons. The Labute approximate surface area is 156 Å². The zero-order valence-electron chi connectivity index (χ0n) is 15.3. The molecule has 0 saturated carbocycles. The number of H-pyrrole nitrogens is 1. The first-order chi connectivity index (χ1) is 13.2. The maximum Gasteiger partial charge on any atom is 0.182 e. The van der Waals surface area contributed by atoms with E-state index in [1.807, 2.05) is 54.2 Å². The Hall–Kier alpha value is -3.61. The smallest absolute Gasteiger partial charge is 0.182 e. The molecule has 4 bridgehead atoms. The maximum absolute atomic E-state index is 5.31. The number of nitrogens with zero attached hydrogens (tertiary/aromatic N) is 2. The number of pyridine rings is 2. The fourth-order valence-electron chi connectivity index (χ4n) is 3.02. The summed E-state index contributed by atoms with van der Waals surface area (Å²) in [4.78, 5) is 4.29. The van der Waals surface area contributed by atoms with E-state index in [-0.39, 0.29) is 0 Å². The zero-order valence-corrected chi connectivity index (χ0v) is 15.3. The van der Waals surface area contributed by atoms with Gasteiger partial charge in [-0.3, -0.25) is 0 Å². The third-order valence-corrected chi connectivity index (χ3v) is 4.43. The van der Waals surface area contributed by atoms with Crippen molar-refractivity contribution in [3.8, 4) is 28.3 Å². The average Bonchev–Trinajstić information content (AvgIpc) is 2.95. The molecule has 2 N–H and O–H groups in total. The fourth-order valence-corrected chi connectivity index (χ4v) is 3.02. The lowest BCUT2D eigenvalue weighted by Crippen LogP contribution is -2.02. The third kappa shape index (κ3) is 2.93. The molecule has 6 rings (SSSR count). The second kappa shape index (κ2) is 6.95. The van der Waals surface area contributed by atoms with E-state index >= 15 is 0 Å². The van der Waals surface area contributed by atoms with Crippen LogP contribution in [0, 0.1) is 0 Å². The van der Waals surface area contributed by atoms with Gasteiger partial charge in [-0.2, -0.15) is 5.27 Å². The Balaban J connectivity index is 0.000000163. The number of hydrogen-bond acceptors (Lipinski definition) is 5. The molecule has 7 heteroatoms. The summed E-state index contributed by atoms with van der Waals surface area (Å²) in [6.07, 6.45) is 1.76. The van der Waals surface area contributed by atoms with Gasteiger partial charge in [0.15, 0.2) is 17.1 Å². The molecular formula is C20H20N4O3. The van der Waals surface area contributed by atoms with Gasteiger partial charge in [0, 0.05) is 18.8 Å². The van der Waals surface area contributed by atoms with E-state index in [1.54, 1.807) is 20.4 Å². The second-order valence-corrected chi connectivity index (χ2v) is 5.90. The molecule has 0 atom stereocenters. The highest BCUT2D eigenvalue weighted by Gasteiger charge is 2.15. The molecule has 0 spiro atoms. The van der Waals surface area contributed by atoms with Crippen LogP contribution in [0.5, 0.6) is 11.5 Å². The van der Waals surface area contributed by atoms with Crippen molar-refractivity contribution < 1.29 is 14.0 Å². The third-order valence-electron chi connectivity index (χ3n) is 4.43. The molecule has 4 heterocycles. The molecule has 3 aliphatic rings. The normalized spacial score (nSPS) is 10.8. The Morgan fingerprint density at radius 2 is 1.89 bits per heavy atom. The highest BCUT2D eigenvalue weighted by Crippen LogP contribution is 2.34. The number of nitrogens with one attached hydrogen (secondary N) is 2. The van der Waals surface area contributed by atoms with Crippen molar-refractivity contribution in [3.05, 3.63) is 54.7 Å². The predicted molar refractivity (Wildman–Crippen MR) is 105 cm³/mol. The van der Waals surface area contributed by atoms with E-state index in [9.17, 15) is 0 Å². The molecule has 3 aliphatic heterocycles. The largest absolute Gasteiger partial charge is 0.493 e. The number of methoxy groups -OCH3 is 2. The molecule has 0 unspecified atom stereocenters. The molecule has 0 aliphatic carbocycles. The predicted octanol–water partition coefficient (Wildman–Crippen LogP) is 4.23. The van der Waals surface area contributed by atoms with Gasteiger partial charge in [0.1, 0.15) is 11.5 Å². The summed E-state index contributed by atoms with van der Waals surface area (Å²) >= 11 is 0. The Bertz CT molecular complexity index is 1100. The van der Waals surface area contributed by atoms with E-state index in [4.69, 9.17) is 14.0 Å². The lowest BCUT2D eigenvalue weighted by Gasteiger charge is -2.11. The maximum atomic E-state index is 5.31. The first kappa shape index (κ1) is 16.8. The molecular weight excluding hydrogens is 344 g/mol. The van der Waals surface area contributed by atoms with Gasteiger partial charge in [0.2, 0.25) is 0 Å². The molecule has 1 aromatic heterocycles. The first-order valence-corrected chi connectivity index (χ1v) is 8.47. The number of aromatic amines is 1. The summed E-state index contributed by atoms with van der Waals surface area (Å²) in [6.45, 7) is 0. The zero-order chi connectivity index (χ0) is 18.8. The van der Waals surface area contributed by atoms with E-state index < -0.39 is 0 Å². The number of benzene rings is 2. The van der Waals surface area contributed by atoms with Crippen LogP contribution in [0.25, 0.3) is 27.9 Å². The van der Waals surface area contributed by atoms with Gasteiger partial charge in [0.25, 0.3) is 0 Å². The van der Waals surface area contributed by atoms with Crippen molar-refractivity contribution >= 4 is 16.9 Å². The van der Waals surface area contributed by atoms with E-state index in [0.717, 1.165) is 34.0 Å². The highest BCUT2D eigenvalue weighted by molar-refractivity contribution is 5.78. The van der Waals surface area contributed by atoms with Gasteiger partial charge in [-0.15, -0.1) is 0 Å². The summed E-state index contributed by atoms with van der Waals surface area (Å²) < 4.78 is 17.5. The van der Waals surface area contributed by atoms with Gasteiger partial charge in [0.05, 0.1) is 19.7 Å². The Morgan fingerprint density at radius 1 is 1.04 bits per heavy atom. The standard InChI is InChI=1S/C14H16N2O2.C6H4N2O/c1-15-14-11(5-4-8-16-14)10-6-7-12(17-2)13(9-10)18-3;1-2-6-5-3-4(1)8(5)7-9-6/h4-9H,1-3H3,(H,15,16);1-3,7H. The van der Waals surface area contributed by atoms with Crippen molar-refractivity contribution in [2.24, 2.45) is 0 Å². The van der Waals surface area contributed by atoms with E-state index in [2.05, 4.69) is 21.6 Å². The highest BCUT2D eigenvalue weighted by atomic mass is 16.5. The quantitative estimate of drug-likeness (QED) is 0.499. The van der Waals surface area contributed by atoms with Crippen molar-refractivity contribution in [1.29, 1.82) is 0 Å². The van der Waals surface area contributed by atoms with E-state index in [0.29, 0.717) is 5.75 Å². The van der Waals surface area contributed by atoms with Crippen LogP contribution < -0.4 is 14.8 Å². The van der Waals surface area contributed by atoms with Gasteiger partial charge in [-0.05, 0) is 48.0 Å². The molecule has 7 nitrogen and oxygen atoms in total. The lowest BCUT2D eigenvalue weighted by atomic mass is 10.1. The summed E-state index contributed by atoms with van der Waals surface area (Å²) in [7, 11) is 5.11. The van der Waals surface area contributed by atoms with Crippen LogP contribution in [0.3, 0.4) is 0 Å². The van der Waals surface area contributed by atoms with Crippen LogP contribution in [-0.2, 0) is 0 Å². The molecule has 2 aromatic carbocycles. The summed E-state index contributed by atoms with van der Waals surface area (Å²) in [5, 5.41) is 5.82. The molecule has 0 saturated heterocycles. The molecule has 27 heavy (non-hydrogen) atoms. The Kier molecular flexibility index (Phi) is 4.33. The first-order valence-electron chi connectivity index (χ1n) is 8.47. The number of anilines is 1. The monoisotopic (exact) mass is 364 g/mol. The molecule has 3 aromatic rings. The van der Waals surface area contributed by atoms with Crippen molar-refractivity contribution in [2.45, 2.75) is 0 Å². The molecule has 0 amide bonds. The van der Waals surface area contributed by atoms with Crippen LogP contribution >= 0.6 is 0 Å². The minimum absolute atomic E-state index is 0.709. The summed E-state index contributed by atoms with van der Waals surface area (Å²) in [5.41, 5.74) is 5.30. The number of fused-ring (bicyclic) bond motifs is 1. The van der Waals surface area contributed by atoms with Crippen molar-refractivity contribution in [1.82, 2.24) is 14.9 Å². The number of ether oxygens (including phenoxy) is 2. The minimum atomic E-state index is 0.709. The van der Waals surface area contributed by atoms with Crippen LogP contribution in [0.2, 0.25) is 0 Å². The summed E-state index contributed by atoms with van der Waals surface area (Å²) in [5.74, 6) is 2.27. The van der Waals surface area contributed by atoms with Gasteiger partial charge in [-0.1, -0.05) is 6.07 Å². The second-order valence-electron chi connectivity index (χ2n) is 5.90. The van der Waals surface area contributed by atoms with Crippen molar-refractivity contribution in [2.75, 3.05) is 26.6 Å². The van der Waals surface area contributed by atoms with Crippen LogP contribution in [0.4, 0.5) is 5.82 Å². The average molecular weight is 364 g/mol. The molecule has 0 fully saturated rings. The van der Waals surface area contributed by atoms with Crippen molar-refractivity contribution in [3.63, 3.8) is 0 Å². The van der Waals surface area contributed by atoms with Gasteiger partial charge < -0.3 is 19.3 Å². The lowest BCUT2D eigenvalue weighted by molar-refractivity contribution is 0.355. The van der Waals surface area contributed by atoms with Crippen LogP contribution in [0.1, 0.15) is 0 Å². The van der Waals surface area contributed by atoms with Gasteiger partial charge >= 0.3 is 0 Å². The fraction of sp³-hybridized carbons (Fsp3) is 0.150.